The van der Waals surface area contributed by atoms with Gasteiger partial charge in [0.1, 0.15) is 0 Å². The van der Waals surface area contributed by atoms with Crippen LogP contribution in [0.1, 0.15) is 36.2 Å². The minimum Gasteiger partial charge on any atom is -0.379 e. The molecule has 0 aromatic carbocycles. The molecule has 88 valence electrons. The van der Waals surface area contributed by atoms with E-state index < -0.39 is 0 Å². The lowest BCUT2D eigenvalue weighted by Crippen LogP contribution is -2.46. The molecule has 16 heavy (non-hydrogen) atoms. The minimum absolute atomic E-state index is 0.105. The predicted molar refractivity (Wildman–Crippen MR) is 60.4 cm³/mol. The number of amides is 1. The van der Waals surface area contributed by atoms with Crippen LogP contribution in [-0.2, 0) is 4.74 Å². The van der Waals surface area contributed by atoms with Crippen LogP contribution in [0.15, 0.2) is 5.38 Å². The first-order chi connectivity index (χ1) is 7.81. The highest BCUT2D eigenvalue weighted by Gasteiger charge is 2.27. The molecule has 2 rings (SSSR count). The molecule has 2 atom stereocenters. The second-order valence-corrected chi connectivity index (χ2v) is 4.54. The first-order valence-corrected chi connectivity index (χ1v) is 6.25. The Kier molecular flexibility index (Phi) is 3.84. The van der Waals surface area contributed by atoms with Gasteiger partial charge in [-0.2, -0.15) is 0 Å². The summed E-state index contributed by atoms with van der Waals surface area (Å²) < 4.78 is 9.05. The van der Waals surface area contributed by atoms with E-state index in [9.17, 15) is 4.79 Å². The van der Waals surface area contributed by atoms with Crippen LogP contribution in [0.2, 0.25) is 0 Å². The second-order valence-electron chi connectivity index (χ2n) is 3.93. The smallest absolute Gasteiger partial charge is 0.273 e. The Morgan fingerprint density at radius 3 is 3.06 bits per heavy atom. The zero-order chi connectivity index (χ0) is 11.4. The molecule has 0 unspecified atom stereocenters. The largest absolute Gasteiger partial charge is 0.379 e. The summed E-state index contributed by atoms with van der Waals surface area (Å²) in [5.74, 6) is -0.150. The number of ether oxygens (including phenoxy) is 1. The number of hydrogen-bond donors (Lipinski definition) is 1. The van der Waals surface area contributed by atoms with Crippen LogP contribution in [0.25, 0.3) is 0 Å². The Morgan fingerprint density at radius 2 is 2.38 bits per heavy atom. The number of carbonyl (C=O) groups excluding carboxylic acids is 1. The predicted octanol–water partition coefficient (Wildman–Crippen LogP) is 1.23. The van der Waals surface area contributed by atoms with Gasteiger partial charge in [0.05, 0.1) is 12.1 Å². The maximum absolute atomic E-state index is 11.8. The van der Waals surface area contributed by atoms with Crippen molar-refractivity contribution in [3.63, 3.8) is 0 Å². The molecule has 0 bridgehead atoms. The number of aromatic nitrogens is 2. The van der Waals surface area contributed by atoms with Gasteiger partial charge in [0, 0.05) is 12.5 Å². The number of carbonyl (C=O) groups is 1. The van der Waals surface area contributed by atoms with Crippen molar-refractivity contribution in [3.05, 3.63) is 11.1 Å². The van der Waals surface area contributed by atoms with Gasteiger partial charge in [-0.15, -0.1) is 5.10 Å². The summed E-state index contributed by atoms with van der Waals surface area (Å²) in [4.78, 5) is 11.8. The molecule has 6 heteroatoms. The van der Waals surface area contributed by atoms with Gasteiger partial charge in [0.15, 0.2) is 5.69 Å². The molecule has 5 nitrogen and oxygen atoms in total. The molecule has 1 saturated carbocycles. The third-order valence-corrected chi connectivity index (χ3v) is 3.42. The molecule has 0 aliphatic heterocycles. The van der Waals surface area contributed by atoms with E-state index in [-0.39, 0.29) is 18.1 Å². The van der Waals surface area contributed by atoms with Gasteiger partial charge in [-0.05, 0) is 24.4 Å². The Hall–Kier alpha value is -1.01. The van der Waals surface area contributed by atoms with Crippen molar-refractivity contribution >= 4 is 17.4 Å². The molecule has 1 aliphatic carbocycles. The van der Waals surface area contributed by atoms with Crippen molar-refractivity contribution in [2.45, 2.75) is 37.8 Å². The van der Waals surface area contributed by atoms with Crippen LogP contribution in [0.3, 0.4) is 0 Å². The zero-order valence-corrected chi connectivity index (χ0v) is 10.00. The van der Waals surface area contributed by atoms with Crippen LogP contribution in [0.4, 0.5) is 0 Å². The molecule has 0 radical (unpaired) electrons. The van der Waals surface area contributed by atoms with E-state index in [2.05, 4.69) is 14.9 Å². The fourth-order valence-corrected chi connectivity index (χ4v) is 2.49. The average molecular weight is 241 g/mol. The Morgan fingerprint density at radius 1 is 1.56 bits per heavy atom. The van der Waals surface area contributed by atoms with Gasteiger partial charge in [0.25, 0.3) is 5.91 Å². The van der Waals surface area contributed by atoms with Crippen molar-refractivity contribution in [2.75, 3.05) is 7.11 Å². The van der Waals surface area contributed by atoms with E-state index in [0.717, 1.165) is 19.3 Å². The average Bonchev–Trinajstić information content (AvgIpc) is 2.83. The van der Waals surface area contributed by atoms with Gasteiger partial charge < -0.3 is 10.1 Å². The first-order valence-electron chi connectivity index (χ1n) is 5.42. The Balaban J connectivity index is 1.95. The fraction of sp³-hybridized carbons (Fsp3) is 0.700. The van der Waals surface area contributed by atoms with Crippen LogP contribution in [0.5, 0.6) is 0 Å². The first kappa shape index (κ1) is 11.5. The van der Waals surface area contributed by atoms with E-state index in [0.29, 0.717) is 5.69 Å². The maximum Gasteiger partial charge on any atom is 0.273 e. The summed E-state index contributed by atoms with van der Waals surface area (Å²) >= 11 is 1.18. The lowest BCUT2D eigenvalue weighted by molar-refractivity contribution is 0.0391. The number of methoxy groups -OCH3 is 1. The van der Waals surface area contributed by atoms with E-state index in [4.69, 9.17) is 4.74 Å². The Labute approximate surface area is 98.4 Å². The topological polar surface area (TPSA) is 64.1 Å². The second kappa shape index (κ2) is 5.36. The zero-order valence-electron chi connectivity index (χ0n) is 9.18. The number of rotatable bonds is 3. The van der Waals surface area contributed by atoms with E-state index in [1.54, 1.807) is 12.5 Å². The highest BCUT2D eigenvalue weighted by Crippen LogP contribution is 2.21. The summed E-state index contributed by atoms with van der Waals surface area (Å²) in [6.07, 6.45) is 4.42. The summed E-state index contributed by atoms with van der Waals surface area (Å²) in [5.41, 5.74) is 0.394. The molecule has 1 amide bonds. The third kappa shape index (κ3) is 2.56. The molecule has 1 aromatic heterocycles. The lowest BCUT2D eigenvalue weighted by atomic mass is 9.92. The van der Waals surface area contributed by atoms with Crippen LogP contribution >= 0.6 is 11.5 Å². The van der Waals surface area contributed by atoms with E-state index in [1.165, 1.54) is 18.0 Å². The van der Waals surface area contributed by atoms with Crippen molar-refractivity contribution < 1.29 is 9.53 Å². The van der Waals surface area contributed by atoms with Crippen molar-refractivity contribution in [2.24, 2.45) is 0 Å². The van der Waals surface area contributed by atoms with Crippen LogP contribution in [0, 0.1) is 0 Å². The summed E-state index contributed by atoms with van der Waals surface area (Å²) in [6, 6.07) is 0.105. The van der Waals surface area contributed by atoms with Crippen molar-refractivity contribution in [1.82, 2.24) is 14.9 Å². The number of nitrogens with zero attached hydrogens (tertiary/aromatic N) is 2. The molecule has 1 N–H and O–H groups in total. The van der Waals surface area contributed by atoms with Gasteiger partial charge >= 0.3 is 0 Å². The fourth-order valence-electron chi connectivity index (χ4n) is 2.05. The third-order valence-electron chi connectivity index (χ3n) is 2.91. The van der Waals surface area contributed by atoms with E-state index in [1.807, 2.05) is 0 Å². The highest BCUT2D eigenvalue weighted by atomic mass is 32.1. The lowest BCUT2D eigenvalue weighted by Gasteiger charge is -2.30. The molecule has 1 fully saturated rings. The molecule has 0 spiro atoms. The van der Waals surface area contributed by atoms with E-state index >= 15 is 0 Å². The number of nitrogens with one attached hydrogen (secondary N) is 1. The maximum atomic E-state index is 11.8. The summed E-state index contributed by atoms with van der Waals surface area (Å²) in [5, 5.41) is 8.36. The standard InChI is InChI=1S/C10H15N3O2S/c1-15-9-5-3-2-4-7(9)11-10(14)8-6-16-13-12-8/h6-7,9H,2-5H2,1H3,(H,11,14)/t7-,9-/m0/s1. The SMILES string of the molecule is CO[C@H]1CCCC[C@@H]1NC(=O)c1csnn1. The summed E-state index contributed by atoms with van der Waals surface area (Å²) in [7, 11) is 1.69. The van der Waals surface area contributed by atoms with Crippen LogP contribution in [-0.4, -0.2) is 34.7 Å². The molecular weight excluding hydrogens is 226 g/mol. The minimum atomic E-state index is -0.150. The quantitative estimate of drug-likeness (QED) is 0.864. The highest BCUT2D eigenvalue weighted by molar-refractivity contribution is 7.03. The van der Waals surface area contributed by atoms with Gasteiger partial charge in [0.2, 0.25) is 0 Å². The summed E-state index contributed by atoms with van der Waals surface area (Å²) in [6.45, 7) is 0. The number of hydrogen-bond acceptors (Lipinski definition) is 5. The normalized spacial score (nSPS) is 25.3. The van der Waals surface area contributed by atoms with Gasteiger partial charge in [-0.3, -0.25) is 4.79 Å². The Bertz CT molecular complexity index is 342. The molecule has 1 aliphatic rings. The van der Waals surface area contributed by atoms with Gasteiger partial charge in [-0.1, -0.05) is 17.3 Å². The molecule has 1 heterocycles. The van der Waals surface area contributed by atoms with Crippen molar-refractivity contribution in [1.29, 1.82) is 0 Å². The van der Waals surface area contributed by atoms with Gasteiger partial charge in [-0.25, -0.2) is 0 Å². The molecule has 0 saturated heterocycles. The monoisotopic (exact) mass is 241 g/mol. The molecule has 1 aromatic rings. The van der Waals surface area contributed by atoms with Crippen LogP contribution < -0.4 is 5.32 Å². The molecular formula is C10H15N3O2S. The van der Waals surface area contributed by atoms with Crippen molar-refractivity contribution in [3.8, 4) is 0 Å².